The molecule has 0 fully saturated rings. The van der Waals surface area contributed by atoms with E-state index in [1.165, 1.54) is 6.20 Å². The molecular formula is C18H15N3O2. The van der Waals surface area contributed by atoms with Gasteiger partial charge in [-0.1, -0.05) is 54.6 Å². The monoisotopic (exact) mass is 305 g/mol. The quantitative estimate of drug-likeness (QED) is 0.773. The standard InChI is InChI=1S/C18H15N3O2/c19-10-13-8-4-5-9-14(13)16-15(18(22)23)11-20-17(21-16)12-6-2-1-3-7-12/h1-9,11H,10,19H2,(H,22,23). The molecule has 0 aliphatic heterocycles. The van der Waals surface area contributed by atoms with E-state index in [2.05, 4.69) is 9.97 Å². The van der Waals surface area contributed by atoms with Crippen LogP contribution in [0.3, 0.4) is 0 Å². The normalized spacial score (nSPS) is 10.5. The molecule has 0 atom stereocenters. The maximum absolute atomic E-state index is 11.5. The fourth-order valence-corrected chi connectivity index (χ4v) is 2.40. The molecule has 0 radical (unpaired) electrons. The fraction of sp³-hybridized carbons (Fsp3) is 0.0556. The second kappa shape index (κ2) is 6.37. The van der Waals surface area contributed by atoms with Crippen molar-refractivity contribution in [2.75, 3.05) is 0 Å². The third-order valence-electron chi connectivity index (χ3n) is 3.54. The van der Waals surface area contributed by atoms with Gasteiger partial charge in [-0.2, -0.15) is 0 Å². The first-order valence-corrected chi connectivity index (χ1v) is 7.15. The zero-order valence-electron chi connectivity index (χ0n) is 12.3. The van der Waals surface area contributed by atoms with Crippen molar-refractivity contribution in [2.24, 2.45) is 5.73 Å². The number of rotatable bonds is 4. The van der Waals surface area contributed by atoms with Crippen LogP contribution >= 0.6 is 0 Å². The van der Waals surface area contributed by atoms with E-state index in [4.69, 9.17) is 5.73 Å². The van der Waals surface area contributed by atoms with Gasteiger partial charge in [0.1, 0.15) is 5.56 Å². The Balaban J connectivity index is 2.22. The fourth-order valence-electron chi connectivity index (χ4n) is 2.40. The molecule has 3 aromatic rings. The number of nitrogens with two attached hydrogens (primary N) is 1. The second-order valence-electron chi connectivity index (χ2n) is 4.99. The average molecular weight is 305 g/mol. The molecule has 2 aromatic carbocycles. The van der Waals surface area contributed by atoms with Gasteiger partial charge in [-0.25, -0.2) is 14.8 Å². The Morgan fingerprint density at radius 3 is 2.43 bits per heavy atom. The number of nitrogens with zero attached hydrogens (tertiary/aromatic N) is 2. The number of hydrogen-bond acceptors (Lipinski definition) is 4. The van der Waals surface area contributed by atoms with Crippen LogP contribution in [-0.2, 0) is 6.54 Å². The zero-order chi connectivity index (χ0) is 16.2. The van der Waals surface area contributed by atoms with Crippen LogP contribution in [0.2, 0.25) is 0 Å². The molecule has 0 unspecified atom stereocenters. The van der Waals surface area contributed by atoms with Crippen LogP contribution in [0.25, 0.3) is 22.6 Å². The minimum Gasteiger partial charge on any atom is -0.478 e. The number of aromatic carboxylic acids is 1. The Kier molecular flexibility index (Phi) is 4.12. The van der Waals surface area contributed by atoms with Gasteiger partial charge < -0.3 is 10.8 Å². The summed E-state index contributed by atoms with van der Waals surface area (Å²) in [7, 11) is 0. The van der Waals surface area contributed by atoms with Gasteiger partial charge in [0, 0.05) is 23.9 Å². The molecule has 1 heterocycles. The van der Waals surface area contributed by atoms with Crippen LogP contribution in [0.4, 0.5) is 0 Å². The summed E-state index contributed by atoms with van der Waals surface area (Å²) >= 11 is 0. The molecule has 5 heteroatoms. The van der Waals surface area contributed by atoms with Gasteiger partial charge in [-0.3, -0.25) is 0 Å². The van der Waals surface area contributed by atoms with E-state index >= 15 is 0 Å². The lowest BCUT2D eigenvalue weighted by atomic mass is 10.0. The van der Waals surface area contributed by atoms with Crippen molar-refractivity contribution in [1.82, 2.24) is 9.97 Å². The van der Waals surface area contributed by atoms with Gasteiger partial charge in [0.15, 0.2) is 5.82 Å². The van der Waals surface area contributed by atoms with Crippen molar-refractivity contribution < 1.29 is 9.90 Å². The first-order valence-electron chi connectivity index (χ1n) is 7.15. The molecule has 0 aliphatic carbocycles. The molecule has 5 nitrogen and oxygen atoms in total. The molecule has 0 spiro atoms. The number of carbonyl (C=O) groups is 1. The molecule has 3 rings (SSSR count). The number of benzene rings is 2. The van der Waals surface area contributed by atoms with Gasteiger partial charge in [0.05, 0.1) is 5.69 Å². The molecule has 0 saturated carbocycles. The van der Waals surface area contributed by atoms with E-state index in [-0.39, 0.29) is 5.56 Å². The van der Waals surface area contributed by atoms with Crippen LogP contribution in [0.15, 0.2) is 60.8 Å². The Morgan fingerprint density at radius 1 is 1.04 bits per heavy atom. The lowest BCUT2D eigenvalue weighted by Crippen LogP contribution is -2.07. The molecular weight excluding hydrogens is 290 g/mol. The number of carboxylic acids is 1. The highest BCUT2D eigenvalue weighted by atomic mass is 16.4. The Hall–Kier alpha value is -3.05. The minimum absolute atomic E-state index is 0.0607. The van der Waals surface area contributed by atoms with Gasteiger partial charge in [0.2, 0.25) is 0 Å². The lowest BCUT2D eigenvalue weighted by molar-refractivity contribution is 0.0697. The molecule has 0 bridgehead atoms. The van der Waals surface area contributed by atoms with Crippen molar-refractivity contribution in [1.29, 1.82) is 0 Å². The first-order chi connectivity index (χ1) is 11.2. The predicted molar refractivity (Wildman–Crippen MR) is 87.8 cm³/mol. The highest BCUT2D eigenvalue weighted by Gasteiger charge is 2.17. The average Bonchev–Trinajstić information content (AvgIpc) is 2.61. The van der Waals surface area contributed by atoms with E-state index in [9.17, 15) is 9.90 Å². The molecule has 0 saturated heterocycles. The van der Waals surface area contributed by atoms with Crippen LogP contribution < -0.4 is 5.73 Å². The summed E-state index contributed by atoms with van der Waals surface area (Å²) in [6, 6.07) is 16.8. The van der Waals surface area contributed by atoms with E-state index in [0.29, 0.717) is 23.6 Å². The first kappa shape index (κ1) is 14.9. The molecule has 0 aliphatic rings. The van der Waals surface area contributed by atoms with Crippen molar-refractivity contribution in [3.05, 3.63) is 71.9 Å². The largest absolute Gasteiger partial charge is 0.478 e. The summed E-state index contributed by atoms with van der Waals surface area (Å²) in [6.07, 6.45) is 1.35. The number of aromatic nitrogens is 2. The van der Waals surface area contributed by atoms with Crippen LogP contribution in [0.1, 0.15) is 15.9 Å². The molecule has 1 aromatic heterocycles. The summed E-state index contributed by atoms with van der Waals surface area (Å²) in [5.74, 6) is -0.580. The summed E-state index contributed by atoms with van der Waals surface area (Å²) in [4.78, 5) is 20.2. The topological polar surface area (TPSA) is 89.1 Å². The van der Waals surface area contributed by atoms with Crippen molar-refractivity contribution in [2.45, 2.75) is 6.54 Å². The second-order valence-corrected chi connectivity index (χ2v) is 4.99. The Labute approximate surface area is 133 Å². The number of hydrogen-bond donors (Lipinski definition) is 2. The van der Waals surface area contributed by atoms with Gasteiger partial charge in [0.25, 0.3) is 0 Å². The lowest BCUT2D eigenvalue weighted by Gasteiger charge is -2.11. The Morgan fingerprint density at radius 2 is 1.74 bits per heavy atom. The van der Waals surface area contributed by atoms with Crippen molar-refractivity contribution in [3.63, 3.8) is 0 Å². The van der Waals surface area contributed by atoms with Gasteiger partial charge in [-0.05, 0) is 5.56 Å². The highest BCUT2D eigenvalue weighted by molar-refractivity contribution is 5.95. The van der Waals surface area contributed by atoms with E-state index in [1.807, 2.05) is 54.6 Å². The molecule has 0 amide bonds. The summed E-state index contributed by atoms with van der Waals surface area (Å²) in [5, 5.41) is 9.44. The van der Waals surface area contributed by atoms with E-state index in [1.54, 1.807) is 0 Å². The molecule has 3 N–H and O–H groups in total. The maximum Gasteiger partial charge on any atom is 0.339 e. The van der Waals surface area contributed by atoms with Crippen LogP contribution in [0, 0.1) is 0 Å². The van der Waals surface area contributed by atoms with Crippen LogP contribution in [-0.4, -0.2) is 21.0 Å². The van der Waals surface area contributed by atoms with Gasteiger partial charge >= 0.3 is 5.97 Å². The summed E-state index contributed by atoms with van der Waals surface area (Å²) in [5.41, 5.74) is 8.60. The van der Waals surface area contributed by atoms with Gasteiger partial charge in [-0.15, -0.1) is 0 Å². The highest BCUT2D eigenvalue weighted by Crippen LogP contribution is 2.27. The smallest absolute Gasteiger partial charge is 0.339 e. The van der Waals surface area contributed by atoms with Crippen molar-refractivity contribution >= 4 is 5.97 Å². The minimum atomic E-state index is -1.06. The molecule has 114 valence electrons. The predicted octanol–water partition coefficient (Wildman–Crippen LogP) is 2.97. The van der Waals surface area contributed by atoms with E-state index < -0.39 is 5.97 Å². The SMILES string of the molecule is NCc1ccccc1-c1nc(-c2ccccc2)ncc1C(=O)O. The third kappa shape index (κ3) is 2.95. The molecule has 23 heavy (non-hydrogen) atoms. The number of carboxylic acid groups (broad SMARTS) is 1. The van der Waals surface area contributed by atoms with Crippen LogP contribution in [0.5, 0.6) is 0 Å². The van der Waals surface area contributed by atoms with Crippen molar-refractivity contribution in [3.8, 4) is 22.6 Å². The zero-order valence-corrected chi connectivity index (χ0v) is 12.3. The third-order valence-corrected chi connectivity index (χ3v) is 3.54. The summed E-state index contributed by atoms with van der Waals surface area (Å²) in [6.45, 7) is 0.305. The summed E-state index contributed by atoms with van der Waals surface area (Å²) < 4.78 is 0. The Bertz CT molecular complexity index is 848. The maximum atomic E-state index is 11.5. The van der Waals surface area contributed by atoms with E-state index in [0.717, 1.165) is 11.1 Å².